The fraction of sp³-hybridized carbons (Fsp3) is 0.400. The van der Waals surface area contributed by atoms with Crippen molar-refractivity contribution < 1.29 is 4.74 Å². The third kappa shape index (κ3) is 6.69. The molecule has 34 heavy (non-hydrogen) atoms. The molecular weight excluding hydrogens is 418 g/mol. The van der Waals surface area contributed by atoms with Gasteiger partial charge in [-0.15, -0.1) is 0 Å². The number of nitrogens with zero attached hydrogens (tertiary/aromatic N) is 3. The van der Waals surface area contributed by atoms with Crippen LogP contribution in [-0.2, 0) is 13.2 Å². The Hall–Kier alpha value is -2.66. The van der Waals surface area contributed by atoms with Crippen LogP contribution in [0.4, 0.5) is 0 Å². The van der Waals surface area contributed by atoms with Crippen LogP contribution in [0.5, 0.6) is 5.75 Å². The lowest BCUT2D eigenvalue weighted by Gasteiger charge is -2.42. The fourth-order valence-electron chi connectivity index (χ4n) is 4.81. The number of para-hydroxylation sites is 1. The summed E-state index contributed by atoms with van der Waals surface area (Å²) in [5.41, 5.74) is 3.86. The second-order valence-corrected chi connectivity index (χ2v) is 9.11. The normalized spacial score (nSPS) is 17.2. The van der Waals surface area contributed by atoms with E-state index in [1.54, 1.807) is 0 Å². The Bertz CT molecular complexity index is 975. The first-order valence-corrected chi connectivity index (χ1v) is 12.7. The van der Waals surface area contributed by atoms with E-state index in [0.29, 0.717) is 12.6 Å². The maximum Gasteiger partial charge on any atom is 0.124 e. The predicted octanol–water partition coefficient (Wildman–Crippen LogP) is 5.47. The Balaban J connectivity index is 1.46. The molecule has 0 radical (unpaired) electrons. The van der Waals surface area contributed by atoms with Gasteiger partial charge in [0, 0.05) is 50.9 Å². The standard InChI is InChI=1S/C30H39N3O/c1-3-31(4-2)19-20-32-21-22-33(29(24-32)27-15-9-6-10-16-27)23-28-17-11-12-18-30(28)34-25-26-13-7-5-8-14-26/h5-18,29H,3-4,19-25H2,1-2H3. The van der Waals surface area contributed by atoms with Crippen LogP contribution in [-0.4, -0.2) is 60.5 Å². The van der Waals surface area contributed by atoms with Crippen LogP contribution in [0.1, 0.15) is 36.6 Å². The van der Waals surface area contributed by atoms with Crippen LogP contribution >= 0.6 is 0 Å². The van der Waals surface area contributed by atoms with E-state index in [1.807, 2.05) is 6.07 Å². The van der Waals surface area contributed by atoms with Crippen molar-refractivity contribution >= 4 is 0 Å². The van der Waals surface area contributed by atoms with Crippen LogP contribution in [0.2, 0.25) is 0 Å². The Kier molecular flexibility index (Phi) is 9.14. The van der Waals surface area contributed by atoms with Crippen LogP contribution < -0.4 is 4.74 Å². The lowest BCUT2D eigenvalue weighted by molar-refractivity contribution is 0.0612. The van der Waals surface area contributed by atoms with Crippen molar-refractivity contribution in [3.8, 4) is 5.75 Å². The van der Waals surface area contributed by atoms with E-state index < -0.39 is 0 Å². The summed E-state index contributed by atoms with van der Waals surface area (Å²) in [6.45, 7) is 13.8. The molecule has 1 unspecified atom stereocenters. The fourth-order valence-corrected chi connectivity index (χ4v) is 4.81. The first kappa shape index (κ1) is 24.5. The quantitative estimate of drug-likeness (QED) is 0.380. The molecule has 1 fully saturated rings. The molecule has 1 saturated heterocycles. The third-order valence-corrected chi connectivity index (χ3v) is 6.97. The highest BCUT2D eigenvalue weighted by Gasteiger charge is 2.28. The van der Waals surface area contributed by atoms with Gasteiger partial charge in [-0.05, 0) is 30.3 Å². The minimum atomic E-state index is 0.383. The largest absolute Gasteiger partial charge is 0.489 e. The topological polar surface area (TPSA) is 19.0 Å². The zero-order valence-electron chi connectivity index (χ0n) is 20.8. The van der Waals surface area contributed by atoms with Gasteiger partial charge in [0.2, 0.25) is 0 Å². The molecular formula is C30H39N3O. The van der Waals surface area contributed by atoms with Gasteiger partial charge >= 0.3 is 0 Å². The van der Waals surface area contributed by atoms with Crippen molar-refractivity contribution in [2.24, 2.45) is 0 Å². The van der Waals surface area contributed by atoms with Crippen LogP contribution in [0.3, 0.4) is 0 Å². The highest BCUT2D eigenvalue weighted by Crippen LogP contribution is 2.30. The lowest BCUT2D eigenvalue weighted by atomic mass is 10.0. The molecule has 4 heteroatoms. The average Bonchev–Trinajstić information content (AvgIpc) is 2.90. The Labute approximate surface area is 205 Å². The molecule has 180 valence electrons. The highest BCUT2D eigenvalue weighted by molar-refractivity contribution is 5.34. The van der Waals surface area contributed by atoms with E-state index in [4.69, 9.17) is 4.74 Å². The van der Waals surface area contributed by atoms with Crippen LogP contribution in [0.15, 0.2) is 84.9 Å². The molecule has 0 bridgehead atoms. The molecule has 0 spiro atoms. The molecule has 0 aromatic heterocycles. The molecule has 0 aliphatic carbocycles. The summed E-state index contributed by atoms with van der Waals surface area (Å²) in [7, 11) is 0. The summed E-state index contributed by atoms with van der Waals surface area (Å²) in [5, 5.41) is 0. The van der Waals surface area contributed by atoms with Gasteiger partial charge in [0.15, 0.2) is 0 Å². The van der Waals surface area contributed by atoms with Gasteiger partial charge in [-0.2, -0.15) is 0 Å². The molecule has 0 saturated carbocycles. The third-order valence-electron chi connectivity index (χ3n) is 6.97. The highest BCUT2D eigenvalue weighted by atomic mass is 16.5. The first-order valence-electron chi connectivity index (χ1n) is 12.7. The number of hydrogen-bond acceptors (Lipinski definition) is 4. The van der Waals surface area contributed by atoms with Gasteiger partial charge in [0.1, 0.15) is 12.4 Å². The Morgan fingerprint density at radius 3 is 2.24 bits per heavy atom. The Morgan fingerprint density at radius 1 is 0.824 bits per heavy atom. The predicted molar refractivity (Wildman–Crippen MR) is 141 cm³/mol. The van der Waals surface area contributed by atoms with Crippen molar-refractivity contribution in [2.75, 3.05) is 45.8 Å². The average molecular weight is 458 g/mol. The smallest absolute Gasteiger partial charge is 0.124 e. The van der Waals surface area contributed by atoms with Crippen LogP contribution in [0, 0.1) is 0 Å². The van der Waals surface area contributed by atoms with Gasteiger partial charge in [0.25, 0.3) is 0 Å². The molecule has 1 atom stereocenters. The molecule has 0 N–H and O–H groups in total. The zero-order valence-corrected chi connectivity index (χ0v) is 20.8. The van der Waals surface area contributed by atoms with Crippen LogP contribution in [0.25, 0.3) is 0 Å². The monoisotopic (exact) mass is 457 g/mol. The number of benzene rings is 3. The molecule has 1 heterocycles. The number of ether oxygens (including phenoxy) is 1. The van der Waals surface area contributed by atoms with Crippen molar-refractivity contribution in [1.29, 1.82) is 0 Å². The molecule has 4 nitrogen and oxygen atoms in total. The van der Waals surface area contributed by atoms with Gasteiger partial charge in [-0.25, -0.2) is 0 Å². The summed E-state index contributed by atoms with van der Waals surface area (Å²) in [6.07, 6.45) is 0. The molecule has 3 aromatic rings. The SMILES string of the molecule is CCN(CC)CCN1CCN(Cc2ccccc2OCc2ccccc2)C(c2ccccc2)C1. The van der Waals surface area contributed by atoms with Crippen molar-refractivity contribution in [3.63, 3.8) is 0 Å². The van der Waals surface area contributed by atoms with E-state index in [0.717, 1.165) is 58.1 Å². The minimum Gasteiger partial charge on any atom is -0.489 e. The maximum absolute atomic E-state index is 6.27. The summed E-state index contributed by atoms with van der Waals surface area (Å²) >= 11 is 0. The second-order valence-electron chi connectivity index (χ2n) is 9.11. The van der Waals surface area contributed by atoms with Gasteiger partial charge in [-0.1, -0.05) is 92.7 Å². The van der Waals surface area contributed by atoms with Crippen molar-refractivity contribution in [2.45, 2.75) is 33.0 Å². The van der Waals surface area contributed by atoms with Gasteiger partial charge in [-0.3, -0.25) is 9.80 Å². The summed E-state index contributed by atoms with van der Waals surface area (Å²) in [4.78, 5) is 7.79. The molecule has 1 aliphatic rings. The number of piperazine rings is 1. The van der Waals surface area contributed by atoms with E-state index in [1.165, 1.54) is 16.7 Å². The van der Waals surface area contributed by atoms with E-state index in [9.17, 15) is 0 Å². The summed E-state index contributed by atoms with van der Waals surface area (Å²) in [5.74, 6) is 0.988. The van der Waals surface area contributed by atoms with Crippen molar-refractivity contribution in [3.05, 3.63) is 102 Å². The summed E-state index contributed by atoms with van der Waals surface area (Å²) < 4.78 is 6.27. The van der Waals surface area contributed by atoms with E-state index in [2.05, 4.69) is 107 Å². The van der Waals surface area contributed by atoms with E-state index >= 15 is 0 Å². The van der Waals surface area contributed by atoms with Crippen molar-refractivity contribution in [1.82, 2.24) is 14.7 Å². The Morgan fingerprint density at radius 2 is 1.50 bits per heavy atom. The lowest BCUT2D eigenvalue weighted by Crippen LogP contribution is -2.49. The number of likely N-dealkylation sites (N-methyl/N-ethyl adjacent to an activating group) is 1. The molecule has 4 rings (SSSR count). The minimum absolute atomic E-state index is 0.383. The zero-order chi connectivity index (χ0) is 23.6. The molecule has 1 aliphatic heterocycles. The van der Waals surface area contributed by atoms with E-state index in [-0.39, 0.29) is 0 Å². The molecule has 0 amide bonds. The van der Waals surface area contributed by atoms with Gasteiger partial charge in [0.05, 0.1) is 0 Å². The number of rotatable bonds is 11. The molecule has 3 aromatic carbocycles. The maximum atomic E-state index is 6.27. The van der Waals surface area contributed by atoms with Gasteiger partial charge < -0.3 is 9.64 Å². The number of hydrogen-bond donors (Lipinski definition) is 0. The first-order chi connectivity index (χ1) is 16.8. The summed E-state index contributed by atoms with van der Waals surface area (Å²) in [6, 6.07) is 30.3. The second kappa shape index (κ2) is 12.7.